The minimum Gasteiger partial charge on any atom is -0.461 e. The van der Waals surface area contributed by atoms with Crippen molar-refractivity contribution < 1.29 is 53.8 Å². The Morgan fingerprint density at radius 3 is 1.61 bits per heavy atom. The Morgan fingerprint density at radius 1 is 0.776 bits per heavy atom. The van der Waals surface area contributed by atoms with Gasteiger partial charge in [0.15, 0.2) is 0 Å². The van der Waals surface area contributed by atoms with Gasteiger partial charge in [0.1, 0.15) is 28.2 Å². The van der Waals surface area contributed by atoms with E-state index in [1.54, 1.807) is 45.9 Å². The van der Waals surface area contributed by atoms with Crippen LogP contribution in [0.5, 0.6) is 0 Å². The molecular formula is C32H43BrF6N2O6S2. The molecule has 0 fully saturated rings. The molecule has 1 N–H and O–H groups in total. The van der Waals surface area contributed by atoms with E-state index in [4.69, 9.17) is 0 Å². The standard InChI is InChI=1S/C16H22F3NO3S.C12H16FNOS.C4H5BrF2O2/c1-6-23-13(21)16(18,19)15(5,20-24(22)14(2,3)4)11-9-7-8-10-12(11)17;1-9(14-16(15)12(2,3)4)10-7-5-6-8-11(10)13;1-2-9-3(8)4(5,6)7/h7-10,20H,6H2,1-5H3;5-8H,1-4H3;2H2,1H3/t15-,24-;16-;/m11./s1. The normalized spacial score (nSPS) is 14.9. The summed E-state index contributed by atoms with van der Waals surface area (Å²) in [5, 5.41) is 0. The van der Waals surface area contributed by atoms with Crippen LogP contribution < -0.4 is 4.72 Å². The molecule has 0 saturated heterocycles. The van der Waals surface area contributed by atoms with Gasteiger partial charge in [0.2, 0.25) is 0 Å². The SMILES string of the molecule is CC(=N[S@](=O)C(C)(C)C)c1ccccc1F.CCOC(=O)C(F)(F)Br.CCOC(=O)C(F)(F)[C@](C)(N[S@](=O)C(C)(C)C)c1ccccc1F. The third kappa shape index (κ3) is 14.3. The highest BCUT2D eigenvalue weighted by molar-refractivity contribution is 9.10. The molecule has 2 aromatic rings. The smallest absolute Gasteiger partial charge is 0.395 e. The lowest BCUT2D eigenvalue weighted by Crippen LogP contribution is -2.60. The van der Waals surface area contributed by atoms with Gasteiger partial charge < -0.3 is 9.47 Å². The molecule has 0 heterocycles. The van der Waals surface area contributed by atoms with Crippen LogP contribution in [0.4, 0.5) is 26.3 Å². The van der Waals surface area contributed by atoms with Gasteiger partial charge in [0, 0.05) is 27.1 Å². The largest absolute Gasteiger partial charge is 0.461 e. The van der Waals surface area contributed by atoms with E-state index in [0.29, 0.717) is 11.3 Å². The number of halogens is 7. The number of nitrogens with zero attached hydrogens (tertiary/aromatic N) is 1. The van der Waals surface area contributed by atoms with Gasteiger partial charge in [-0.15, -0.1) is 0 Å². The lowest BCUT2D eigenvalue weighted by Gasteiger charge is -2.38. The fourth-order valence-corrected chi connectivity index (χ4v) is 4.85. The monoisotopic (exact) mass is 808 g/mol. The molecule has 17 heteroatoms. The van der Waals surface area contributed by atoms with Crippen LogP contribution in [0.25, 0.3) is 0 Å². The second-order valence-electron chi connectivity index (χ2n) is 12.1. The highest BCUT2D eigenvalue weighted by Gasteiger charge is 2.60. The van der Waals surface area contributed by atoms with E-state index in [1.165, 1.54) is 32.0 Å². The van der Waals surface area contributed by atoms with Crippen molar-refractivity contribution in [3.8, 4) is 0 Å². The molecule has 8 nitrogen and oxygen atoms in total. The maximum absolute atomic E-state index is 14.8. The molecule has 0 saturated carbocycles. The van der Waals surface area contributed by atoms with Gasteiger partial charge in [-0.3, -0.25) is 0 Å². The lowest BCUT2D eigenvalue weighted by atomic mass is 9.86. The average molecular weight is 810 g/mol. The first-order valence-electron chi connectivity index (χ1n) is 14.6. The molecule has 0 bridgehead atoms. The molecule has 3 atom stereocenters. The van der Waals surface area contributed by atoms with Crippen molar-refractivity contribution >= 4 is 55.6 Å². The zero-order valence-corrected chi connectivity index (χ0v) is 32.1. The van der Waals surface area contributed by atoms with Gasteiger partial charge in [0.05, 0.1) is 39.4 Å². The van der Waals surface area contributed by atoms with Crippen molar-refractivity contribution in [2.45, 2.75) is 95.0 Å². The first-order valence-corrected chi connectivity index (χ1v) is 17.7. The van der Waals surface area contributed by atoms with E-state index in [9.17, 15) is 44.3 Å². The van der Waals surface area contributed by atoms with Crippen LogP contribution in [-0.2, 0) is 46.6 Å². The van der Waals surface area contributed by atoms with Gasteiger partial charge in [-0.1, -0.05) is 36.4 Å². The minimum absolute atomic E-state index is 0.0416. The van der Waals surface area contributed by atoms with Gasteiger partial charge in [-0.05, 0) is 81.4 Å². The Kier molecular flexibility index (Phi) is 18.1. The van der Waals surface area contributed by atoms with E-state index in [2.05, 4.69) is 18.6 Å². The van der Waals surface area contributed by atoms with E-state index in [1.807, 2.05) is 36.7 Å². The van der Waals surface area contributed by atoms with Crippen LogP contribution >= 0.6 is 15.9 Å². The molecule has 0 radical (unpaired) electrons. The van der Waals surface area contributed by atoms with E-state index < -0.39 is 71.1 Å². The number of benzene rings is 2. The minimum atomic E-state index is -4.15. The van der Waals surface area contributed by atoms with Gasteiger partial charge in [-0.25, -0.2) is 31.5 Å². The zero-order valence-electron chi connectivity index (χ0n) is 28.9. The molecule has 0 aliphatic heterocycles. The molecule has 2 aromatic carbocycles. The molecule has 278 valence electrons. The quantitative estimate of drug-likeness (QED) is 0.113. The number of nitrogens with one attached hydrogen (secondary N) is 1. The highest BCUT2D eigenvalue weighted by Crippen LogP contribution is 2.40. The molecule has 49 heavy (non-hydrogen) atoms. The van der Waals surface area contributed by atoms with Crippen molar-refractivity contribution in [2.75, 3.05) is 13.2 Å². The maximum atomic E-state index is 14.8. The Bertz CT molecular complexity index is 1490. The Labute approximate surface area is 297 Å². The summed E-state index contributed by atoms with van der Waals surface area (Å²) in [6.45, 7) is 15.4. The molecule has 0 amide bonds. The molecule has 0 aliphatic rings. The third-order valence-electron chi connectivity index (χ3n) is 5.94. The first-order chi connectivity index (χ1) is 22.2. The molecule has 0 aromatic heterocycles. The number of alkyl halides is 5. The Hall–Kier alpha value is -2.63. The molecular weight excluding hydrogens is 766 g/mol. The van der Waals surface area contributed by atoms with Crippen LogP contribution in [0.15, 0.2) is 52.9 Å². The number of carbonyl (C=O) groups excluding carboxylic acids is 2. The number of carbonyl (C=O) groups is 2. The summed E-state index contributed by atoms with van der Waals surface area (Å²) < 4.78 is 118. The number of hydrogen-bond donors (Lipinski definition) is 1. The molecule has 0 spiro atoms. The fourth-order valence-electron chi connectivity index (χ4n) is 3.20. The number of esters is 2. The molecule has 0 unspecified atom stereocenters. The van der Waals surface area contributed by atoms with Crippen molar-refractivity contribution in [3.63, 3.8) is 0 Å². The summed E-state index contributed by atoms with van der Waals surface area (Å²) in [6.07, 6.45) is 0. The van der Waals surface area contributed by atoms with E-state index in [0.717, 1.165) is 19.1 Å². The second-order valence-corrected chi connectivity index (χ2v) is 17.0. The average Bonchev–Trinajstić information content (AvgIpc) is 2.96. The van der Waals surface area contributed by atoms with E-state index in [-0.39, 0.29) is 19.0 Å². The van der Waals surface area contributed by atoms with Gasteiger partial charge >= 0.3 is 22.7 Å². The predicted octanol–water partition coefficient (Wildman–Crippen LogP) is 7.93. The zero-order chi connectivity index (χ0) is 38.6. The second kappa shape index (κ2) is 19.1. The summed E-state index contributed by atoms with van der Waals surface area (Å²) in [7, 11) is -3.34. The number of hydrogen-bond acceptors (Lipinski definition) is 6. The third-order valence-corrected chi connectivity index (χ3v) is 9.46. The summed E-state index contributed by atoms with van der Waals surface area (Å²) in [5.74, 6) is -8.79. The van der Waals surface area contributed by atoms with Crippen molar-refractivity contribution in [2.24, 2.45) is 4.40 Å². The number of rotatable bonds is 10. The maximum Gasteiger partial charge on any atom is 0.395 e. The van der Waals surface area contributed by atoms with Crippen molar-refractivity contribution in [1.29, 1.82) is 0 Å². The number of ether oxygens (including phenoxy) is 2. The fraction of sp³-hybridized carbons (Fsp3) is 0.531. The first kappa shape index (κ1) is 46.4. The van der Waals surface area contributed by atoms with Crippen LogP contribution in [0.2, 0.25) is 0 Å². The van der Waals surface area contributed by atoms with Gasteiger partial charge in [-0.2, -0.15) is 22.0 Å². The molecule has 0 aliphatic carbocycles. The Balaban J connectivity index is 0.000000790. The van der Waals surface area contributed by atoms with Crippen LogP contribution in [-0.4, -0.2) is 59.5 Å². The summed E-state index contributed by atoms with van der Waals surface area (Å²) in [5.41, 5.74) is -2.16. The summed E-state index contributed by atoms with van der Waals surface area (Å²) in [4.78, 5) is 18.3. The van der Waals surface area contributed by atoms with Gasteiger partial charge in [0.25, 0.3) is 0 Å². The summed E-state index contributed by atoms with van der Waals surface area (Å²) >= 11 is 1.84. The summed E-state index contributed by atoms with van der Waals surface area (Å²) in [6, 6.07) is 11.2. The van der Waals surface area contributed by atoms with Crippen LogP contribution in [0.3, 0.4) is 0 Å². The molecule has 2 rings (SSSR count). The Morgan fingerprint density at radius 2 is 1.22 bits per heavy atom. The lowest BCUT2D eigenvalue weighted by molar-refractivity contribution is -0.183. The topological polar surface area (TPSA) is 111 Å². The van der Waals surface area contributed by atoms with E-state index >= 15 is 0 Å². The predicted molar refractivity (Wildman–Crippen MR) is 183 cm³/mol. The van der Waals surface area contributed by atoms with Crippen LogP contribution in [0, 0.1) is 11.6 Å². The van der Waals surface area contributed by atoms with Crippen molar-refractivity contribution in [1.82, 2.24) is 4.72 Å². The highest BCUT2D eigenvalue weighted by atomic mass is 79.9. The van der Waals surface area contributed by atoms with Crippen LogP contribution in [0.1, 0.15) is 80.4 Å². The van der Waals surface area contributed by atoms with Crippen molar-refractivity contribution in [3.05, 3.63) is 71.3 Å².